The fourth-order valence-electron chi connectivity index (χ4n) is 1.97. The van der Waals surface area contributed by atoms with E-state index < -0.39 is 5.60 Å². The largest absolute Gasteiger partial charge is 0.444 e. The maximum absolute atomic E-state index is 11.7. The summed E-state index contributed by atoms with van der Waals surface area (Å²) in [6.45, 7) is 8.53. The maximum Gasteiger partial charge on any atom is 0.410 e. The normalized spacial score (nSPS) is 17.0. The predicted octanol–water partition coefficient (Wildman–Crippen LogP) is 1.65. The van der Waals surface area contributed by atoms with E-state index in [1.807, 2.05) is 20.8 Å². The molecule has 0 atom stereocenters. The maximum atomic E-state index is 11.7. The number of carbonyl (C=O) groups is 1. The standard InChI is InChI=1S/C14H28N4O2/c1-14(2,3)20-13(19)17(4)11-8-16-12(15)18-9-6-5-7-10-18/h5-11H2,1-4H3,(H2,15,16). The minimum Gasteiger partial charge on any atom is -0.444 e. The molecule has 6 nitrogen and oxygen atoms in total. The van der Waals surface area contributed by atoms with Gasteiger partial charge < -0.3 is 20.3 Å². The first-order valence-electron chi connectivity index (χ1n) is 7.28. The number of nitrogens with zero attached hydrogens (tertiary/aromatic N) is 3. The number of likely N-dealkylation sites (N-methyl/N-ethyl adjacent to an activating group) is 1. The molecule has 1 rings (SSSR count). The molecule has 20 heavy (non-hydrogen) atoms. The van der Waals surface area contributed by atoms with E-state index in [1.54, 1.807) is 7.05 Å². The second-order valence-electron chi connectivity index (χ2n) is 6.19. The number of amides is 1. The topological polar surface area (TPSA) is 71.2 Å². The number of guanidine groups is 1. The van der Waals surface area contributed by atoms with Crippen molar-refractivity contribution in [2.75, 3.05) is 33.2 Å². The number of hydrogen-bond donors (Lipinski definition) is 1. The van der Waals surface area contributed by atoms with Crippen molar-refractivity contribution in [1.82, 2.24) is 9.80 Å². The van der Waals surface area contributed by atoms with Crippen LogP contribution in [0.3, 0.4) is 0 Å². The van der Waals surface area contributed by atoms with Crippen LogP contribution in [0.5, 0.6) is 0 Å². The Kier molecular flexibility index (Phi) is 6.10. The van der Waals surface area contributed by atoms with Crippen LogP contribution in [-0.4, -0.2) is 60.7 Å². The molecule has 0 saturated carbocycles. The van der Waals surface area contributed by atoms with Crippen LogP contribution in [0.1, 0.15) is 40.0 Å². The zero-order chi connectivity index (χ0) is 15.2. The van der Waals surface area contributed by atoms with Crippen LogP contribution < -0.4 is 5.73 Å². The molecule has 0 bridgehead atoms. The Morgan fingerprint density at radius 3 is 2.45 bits per heavy atom. The Labute approximate surface area is 122 Å². The molecule has 1 amide bonds. The summed E-state index contributed by atoms with van der Waals surface area (Å²) >= 11 is 0. The molecule has 0 spiro atoms. The fourth-order valence-corrected chi connectivity index (χ4v) is 1.97. The van der Waals surface area contributed by atoms with Crippen LogP contribution in [0.15, 0.2) is 4.99 Å². The van der Waals surface area contributed by atoms with Crippen LogP contribution in [0, 0.1) is 0 Å². The van der Waals surface area contributed by atoms with Gasteiger partial charge in [-0.2, -0.15) is 0 Å². The Morgan fingerprint density at radius 2 is 1.90 bits per heavy atom. The number of piperidine rings is 1. The molecule has 1 heterocycles. The zero-order valence-electron chi connectivity index (χ0n) is 13.2. The Morgan fingerprint density at radius 1 is 1.30 bits per heavy atom. The van der Waals surface area contributed by atoms with E-state index >= 15 is 0 Å². The van der Waals surface area contributed by atoms with Crippen LogP contribution in [0.2, 0.25) is 0 Å². The molecule has 1 saturated heterocycles. The monoisotopic (exact) mass is 284 g/mol. The Hall–Kier alpha value is -1.46. The van der Waals surface area contributed by atoms with Crippen molar-refractivity contribution in [3.8, 4) is 0 Å². The van der Waals surface area contributed by atoms with Crippen molar-refractivity contribution >= 4 is 12.1 Å². The molecular weight excluding hydrogens is 256 g/mol. The third-order valence-corrected chi connectivity index (χ3v) is 3.09. The first-order chi connectivity index (χ1) is 9.29. The molecule has 1 aliphatic rings. The van der Waals surface area contributed by atoms with E-state index in [4.69, 9.17) is 10.5 Å². The minimum absolute atomic E-state index is 0.329. The highest BCUT2D eigenvalue weighted by Gasteiger charge is 2.19. The molecule has 1 aliphatic heterocycles. The van der Waals surface area contributed by atoms with Crippen molar-refractivity contribution in [2.24, 2.45) is 10.7 Å². The molecule has 0 aliphatic carbocycles. The Bertz CT molecular complexity index is 344. The van der Waals surface area contributed by atoms with E-state index in [2.05, 4.69) is 9.89 Å². The van der Waals surface area contributed by atoms with Gasteiger partial charge >= 0.3 is 6.09 Å². The number of ether oxygens (including phenoxy) is 1. The van der Waals surface area contributed by atoms with Gasteiger partial charge in [0.15, 0.2) is 5.96 Å². The van der Waals surface area contributed by atoms with Crippen LogP contribution in [-0.2, 0) is 4.74 Å². The van der Waals surface area contributed by atoms with E-state index in [0.717, 1.165) is 13.1 Å². The summed E-state index contributed by atoms with van der Waals surface area (Å²) < 4.78 is 5.27. The number of likely N-dealkylation sites (tertiary alicyclic amines) is 1. The summed E-state index contributed by atoms with van der Waals surface area (Å²) in [7, 11) is 1.71. The molecule has 0 aromatic rings. The van der Waals surface area contributed by atoms with E-state index in [-0.39, 0.29) is 6.09 Å². The number of nitrogens with two attached hydrogens (primary N) is 1. The van der Waals surface area contributed by atoms with Gasteiger partial charge in [0.2, 0.25) is 0 Å². The second kappa shape index (κ2) is 7.36. The molecule has 2 N–H and O–H groups in total. The smallest absolute Gasteiger partial charge is 0.410 e. The van der Waals surface area contributed by atoms with Gasteiger partial charge in [-0.3, -0.25) is 4.99 Å². The van der Waals surface area contributed by atoms with Gasteiger partial charge in [0, 0.05) is 26.7 Å². The SMILES string of the molecule is CN(CCN=C(N)N1CCCCC1)C(=O)OC(C)(C)C. The molecule has 0 unspecified atom stereocenters. The highest BCUT2D eigenvalue weighted by molar-refractivity contribution is 5.78. The first-order valence-corrected chi connectivity index (χ1v) is 7.28. The summed E-state index contributed by atoms with van der Waals surface area (Å²) in [4.78, 5) is 19.7. The average Bonchev–Trinajstić information content (AvgIpc) is 2.37. The van der Waals surface area contributed by atoms with Gasteiger partial charge in [-0.15, -0.1) is 0 Å². The van der Waals surface area contributed by atoms with E-state index in [0.29, 0.717) is 19.0 Å². The summed E-state index contributed by atoms with van der Waals surface area (Å²) in [5.74, 6) is 0.585. The van der Waals surface area contributed by atoms with Gasteiger partial charge in [0.1, 0.15) is 5.60 Å². The molecule has 0 radical (unpaired) electrons. The lowest BCUT2D eigenvalue weighted by molar-refractivity contribution is 0.0304. The molecule has 6 heteroatoms. The summed E-state index contributed by atoms with van der Waals surface area (Å²) in [5.41, 5.74) is 5.48. The quantitative estimate of drug-likeness (QED) is 0.632. The van der Waals surface area contributed by atoms with Crippen LogP contribution >= 0.6 is 0 Å². The molecule has 116 valence electrons. The zero-order valence-corrected chi connectivity index (χ0v) is 13.2. The molecular formula is C14H28N4O2. The third-order valence-electron chi connectivity index (χ3n) is 3.09. The first kappa shape index (κ1) is 16.6. The lowest BCUT2D eigenvalue weighted by Gasteiger charge is -2.27. The van der Waals surface area contributed by atoms with Gasteiger partial charge in [-0.05, 0) is 40.0 Å². The second-order valence-corrected chi connectivity index (χ2v) is 6.19. The average molecular weight is 284 g/mol. The third kappa shape index (κ3) is 6.12. The van der Waals surface area contributed by atoms with Crippen molar-refractivity contribution < 1.29 is 9.53 Å². The summed E-state index contributed by atoms with van der Waals surface area (Å²) in [6, 6.07) is 0. The number of hydrogen-bond acceptors (Lipinski definition) is 3. The predicted molar refractivity (Wildman–Crippen MR) is 80.8 cm³/mol. The number of rotatable bonds is 3. The highest BCUT2D eigenvalue weighted by atomic mass is 16.6. The Balaban J connectivity index is 2.33. The van der Waals surface area contributed by atoms with Gasteiger partial charge in [0.05, 0.1) is 6.54 Å². The lowest BCUT2D eigenvalue weighted by Crippen LogP contribution is -2.41. The van der Waals surface area contributed by atoms with Crippen molar-refractivity contribution in [1.29, 1.82) is 0 Å². The van der Waals surface area contributed by atoms with Crippen molar-refractivity contribution in [3.05, 3.63) is 0 Å². The van der Waals surface area contributed by atoms with E-state index in [1.165, 1.54) is 24.2 Å². The summed E-state index contributed by atoms with van der Waals surface area (Å²) in [6.07, 6.45) is 3.29. The van der Waals surface area contributed by atoms with Crippen LogP contribution in [0.4, 0.5) is 4.79 Å². The van der Waals surface area contributed by atoms with Crippen molar-refractivity contribution in [2.45, 2.75) is 45.6 Å². The minimum atomic E-state index is -0.471. The van der Waals surface area contributed by atoms with Gasteiger partial charge in [0.25, 0.3) is 0 Å². The lowest BCUT2D eigenvalue weighted by atomic mass is 10.1. The van der Waals surface area contributed by atoms with Crippen LogP contribution in [0.25, 0.3) is 0 Å². The fraction of sp³-hybridized carbons (Fsp3) is 0.857. The number of aliphatic imine (C=N–C) groups is 1. The van der Waals surface area contributed by atoms with Gasteiger partial charge in [-0.25, -0.2) is 4.79 Å². The summed E-state index contributed by atoms with van der Waals surface area (Å²) in [5, 5.41) is 0. The van der Waals surface area contributed by atoms with Crippen molar-refractivity contribution in [3.63, 3.8) is 0 Å². The molecule has 1 fully saturated rings. The molecule has 0 aromatic heterocycles. The number of carbonyl (C=O) groups excluding carboxylic acids is 1. The van der Waals surface area contributed by atoms with Gasteiger partial charge in [-0.1, -0.05) is 0 Å². The molecule has 0 aromatic carbocycles. The van der Waals surface area contributed by atoms with E-state index in [9.17, 15) is 4.79 Å². The highest BCUT2D eigenvalue weighted by Crippen LogP contribution is 2.09.